The van der Waals surface area contributed by atoms with Crippen molar-refractivity contribution in [2.24, 2.45) is 0 Å². The first-order valence-electron chi connectivity index (χ1n) is 6.44. The van der Waals surface area contributed by atoms with Gasteiger partial charge in [-0.15, -0.1) is 0 Å². The fourth-order valence-corrected chi connectivity index (χ4v) is 1.70. The molecule has 20 heavy (non-hydrogen) atoms. The molecule has 0 aliphatic carbocycles. The number of benzene rings is 1. The van der Waals surface area contributed by atoms with Crippen LogP contribution in [0.5, 0.6) is 0 Å². The highest BCUT2D eigenvalue weighted by Crippen LogP contribution is 2.04. The molecule has 0 spiro atoms. The van der Waals surface area contributed by atoms with Crippen LogP contribution in [0.1, 0.15) is 19.4 Å². The van der Waals surface area contributed by atoms with Gasteiger partial charge in [0.05, 0.1) is 0 Å². The second-order valence-corrected chi connectivity index (χ2v) is 4.63. The van der Waals surface area contributed by atoms with Crippen LogP contribution in [-0.2, 0) is 16.0 Å². The first-order valence-corrected chi connectivity index (χ1v) is 6.44. The second-order valence-electron chi connectivity index (χ2n) is 4.63. The van der Waals surface area contributed by atoms with Gasteiger partial charge in [0, 0.05) is 6.54 Å². The molecule has 0 heterocycles. The third kappa shape index (κ3) is 4.99. The van der Waals surface area contributed by atoms with Gasteiger partial charge in [0.1, 0.15) is 12.1 Å². The molecule has 1 aromatic rings. The summed E-state index contributed by atoms with van der Waals surface area (Å²) in [4.78, 5) is 21.9. The Bertz CT molecular complexity index is 450. The van der Waals surface area contributed by atoms with Gasteiger partial charge in [-0.2, -0.15) is 0 Å². The Morgan fingerprint density at radius 2 is 1.75 bits per heavy atom. The molecule has 0 aliphatic heterocycles. The van der Waals surface area contributed by atoms with Gasteiger partial charge in [0.25, 0.3) is 0 Å². The van der Waals surface area contributed by atoms with Crippen molar-refractivity contribution in [2.75, 3.05) is 6.54 Å². The van der Waals surface area contributed by atoms with Gasteiger partial charge in [-0.05, 0) is 25.8 Å². The van der Waals surface area contributed by atoms with Crippen molar-refractivity contribution in [1.82, 2.24) is 10.4 Å². The molecule has 0 bridgehead atoms. The first kappa shape index (κ1) is 16.1. The Hall–Kier alpha value is -1.92. The Kier molecular flexibility index (Phi) is 6.14. The largest absolute Gasteiger partial charge is 0.480 e. The summed E-state index contributed by atoms with van der Waals surface area (Å²) in [6, 6.07) is 7.98. The van der Waals surface area contributed by atoms with E-state index >= 15 is 0 Å². The summed E-state index contributed by atoms with van der Waals surface area (Å²) in [5, 5.41) is 19.4. The zero-order valence-corrected chi connectivity index (χ0v) is 11.6. The number of nitrogens with zero attached hydrogens (tertiary/aromatic N) is 1. The molecule has 0 aliphatic rings. The van der Waals surface area contributed by atoms with E-state index in [0.29, 0.717) is 13.0 Å². The molecule has 0 aromatic heterocycles. The van der Waals surface area contributed by atoms with E-state index in [2.05, 4.69) is 5.43 Å². The molecule has 2 atom stereocenters. The normalized spacial score (nSPS) is 13.9. The quantitative estimate of drug-likeness (QED) is 0.615. The molecule has 0 radical (unpaired) electrons. The molecule has 6 heteroatoms. The number of aliphatic carboxylic acids is 2. The number of carbonyl (C=O) groups is 2. The Morgan fingerprint density at radius 1 is 1.15 bits per heavy atom. The van der Waals surface area contributed by atoms with Crippen molar-refractivity contribution in [1.29, 1.82) is 0 Å². The van der Waals surface area contributed by atoms with Crippen LogP contribution >= 0.6 is 0 Å². The molecule has 0 fully saturated rings. The average molecular weight is 280 g/mol. The lowest BCUT2D eigenvalue weighted by Crippen LogP contribution is -2.54. The highest BCUT2D eigenvalue weighted by Gasteiger charge is 2.23. The maximum absolute atomic E-state index is 11.1. The van der Waals surface area contributed by atoms with Gasteiger partial charge < -0.3 is 10.2 Å². The van der Waals surface area contributed by atoms with Crippen LogP contribution in [0.2, 0.25) is 0 Å². The molecule has 3 N–H and O–H groups in total. The van der Waals surface area contributed by atoms with Crippen molar-refractivity contribution >= 4 is 11.9 Å². The minimum atomic E-state index is -1.02. The number of carboxylic acids is 2. The second kappa shape index (κ2) is 7.62. The minimum absolute atomic E-state index is 0.412. The van der Waals surface area contributed by atoms with Gasteiger partial charge in [-0.1, -0.05) is 30.3 Å². The van der Waals surface area contributed by atoms with Gasteiger partial charge in [-0.3, -0.25) is 9.59 Å². The summed E-state index contributed by atoms with van der Waals surface area (Å²) < 4.78 is 0. The van der Waals surface area contributed by atoms with Crippen molar-refractivity contribution < 1.29 is 19.8 Å². The summed E-state index contributed by atoms with van der Waals surface area (Å²) in [5.41, 5.74) is 3.79. The maximum Gasteiger partial charge on any atom is 0.322 e. The fraction of sp³-hybridized carbons (Fsp3) is 0.429. The minimum Gasteiger partial charge on any atom is -0.480 e. The van der Waals surface area contributed by atoms with Crippen LogP contribution in [0, 0.1) is 0 Å². The van der Waals surface area contributed by atoms with E-state index < -0.39 is 24.0 Å². The maximum atomic E-state index is 11.1. The lowest BCUT2D eigenvalue weighted by molar-refractivity contribution is -0.148. The summed E-state index contributed by atoms with van der Waals surface area (Å²) in [7, 11) is 0. The molecule has 2 unspecified atom stereocenters. The van der Waals surface area contributed by atoms with Gasteiger partial charge in [-0.25, -0.2) is 10.4 Å². The lowest BCUT2D eigenvalue weighted by Gasteiger charge is -2.28. The lowest BCUT2D eigenvalue weighted by atomic mass is 10.1. The van der Waals surface area contributed by atoms with E-state index in [-0.39, 0.29) is 0 Å². The van der Waals surface area contributed by atoms with Crippen LogP contribution in [0.15, 0.2) is 30.3 Å². The molecule has 110 valence electrons. The van der Waals surface area contributed by atoms with Crippen LogP contribution < -0.4 is 5.43 Å². The molecule has 1 aromatic carbocycles. The smallest absolute Gasteiger partial charge is 0.322 e. The summed E-state index contributed by atoms with van der Waals surface area (Å²) in [6.45, 7) is 3.41. The molecule has 6 nitrogen and oxygen atoms in total. The third-order valence-electron chi connectivity index (χ3n) is 3.04. The molecule has 0 saturated heterocycles. The van der Waals surface area contributed by atoms with Crippen molar-refractivity contribution in [3.8, 4) is 0 Å². The zero-order valence-electron chi connectivity index (χ0n) is 11.6. The Labute approximate surface area is 118 Å². The molecule has 0 amide bonds. The zero-order chi connectivity index (χ0) is 15.1. The van der Waals surface area contributed by atoms with Crippen LogP contribution in [0.3, 0.4) is 0 Å². The van der Waals surface area contributed by atoms with E-state index in [1.54, 1.807) is 0 Å². The molecular weight excluding hydrogens is 260 g/mol. The van der Waals surface area contributed by atoms with Crippen molar-refractivity contribution in [2.45, 2.75) is 32.4 Å². The van der Waals surface area contributed by atoms with Crippen molar-refractivity contribution in [3.05, 3.63) is 35.9 Å². The number of hydrogen-bond donors (Lipinski definition) is 3. The third-order valence-corrected chi connectivity index (χ3v) is 3.04. The number of nitrogens with one attached hydrogen (secondary N) is 1. The summed E-state index contributed by atoms with van der Waals surface area (Å²) in [6.07, 6.45) is 0.637. The van der Waals surface area contributed by atoms with Crippen LogP contribution in [0.25, 0.3) is 0 Å². The number of rotatable bonds is 8. The predicted octanol–water partition coefficient (Wildman–Crippen LogP) is 0.982. The highest BCUT2D eigenvalue weighted by molar-refractivity contribution is 5.74. The van der Waals surface area contributed by atoms with Crippen LogP contribution in [0.4, 0.5) is 0 Å². The standard InChI is InChI=1S/C14H20N2O4/c1-10(13(17)18)15-16(11(2)14(19)20)9-8-12-6-4-3-5-7-12/h3-7,10-11,15H,8-9H2,1-2H3,(H,17,18)(H,19,20). The number of hydrogen-bond acceptors (Lipinski definition) is 4. The first-order chi connectivity index (χ1) is 9.41. The monoisotopic (exact) mass is 280 g/mol. The Balaban J connectivity index is 2.67. The predicted molar refractivity (Wildman–Crippen MR) is 74.2 cm³/mol. The Morgan fingerprint density at radius 3 is 2.25 bits per heavy atom. The molecular formula is C14H20N2O4. The average Bonchev–Trinajstić information content (AvgIpc) is 2.43. The summed E-state index contributed by atoms with van der Waals surface area (Å²) >= 11 is 0. The van der Waals surface area contributed by atoms with E-state index in [1.807, 2.05) is 30.3 Å². The van der Waals surface area contributed by atoms with E-state index in [0.717, 1.165) is 5.56 Å². The van der Waals surface area contributed by atoms with Crippen LogP contribution in [-0.4, -0.2) is 45.8 Å². The molecule has 0 saturated carbocycles. The summed E-state index contributed by atoms with van der Waals surface area (Å²) in [5.74, 6) is -2.02. The number of hydrazine groups is 1. The van der Waals surface area contributed by atoms with E-state index in [1.165, 1.54) is 18.9 Å². The van der Waals surface area contributed by atoms with E-state index in [4.69, 9.17) is 10.2 Å². The number of carboxylic acid groups (broad SMARTS) is 2. The topological polar surface area (TPSA) is 89.9 Å². The highest BCUT2D eigenvalue weighted by atomic mass is 16.4. The molecule has 1 rings (SSSR count). The van der Waals surface area contributed by atoms with Gasteiger partial charge >= 0.3 is 11.9 Å². The van der Waals surface area contributed by atoms with Crippen molar-refractivity contribution in [3.63, 3.8) is 0 Å². The van der Waals surface area contributed by atoms with E-state index in [9.17, 15) is 9.59 Å². The SMILES string of the molecule is CC(NN(CCc1ccccc1)C(C)C(=O)O)C(=O)O. The van der Waals surface area contributed by atoms with Gasteiger partial charge in [0.15, 0.2) is 0 Å². The fourth-order valence-electron chi connectivity index (χ4n) is 1.70. The van der Waals surface area contributed by atoms with Gasteiger partial charge in [0.2, 0.25) is 0 Å².